The van der Waals surface area contributed by atoms with E-state index in [1.807, 2.05) is 23.3 Å². The van der Waals surface area contributed by atoms with Crippen LogP contribution in [0, 0.1) is 5.92 Å². The van der Waals surface area contributed by atoms with Crippen molar-refractivity contribution in [1.82, 2.24) is 19.5 Å². The van der Waals surface area contributed by atoms with Crippen LogP contribution < -0.4 is 0 Å². The minimum atomic E-state index is 0.391. The molecule has 2 aliphatic heterocycles. The molecule has 2 fully saturated rings. The first-order valence-corrected chi connectivity index (χ1v) is 10.00. The smallest absolute Gasteiger partial charge is 0.0991 e. The summed E-state index contributed by atoms with van der Waals surface area (Å²) in [4.78, 5) is 12.6. The average molecular weight is 374 g/mol. The molecule has 0 spiro atoms. The van der Waals surface area contributed by atoms with E-state index in [1.165, 1.54) is 11.1 Å². The normalized spacial score (nSPS) is 25.7. The number of nitrogens with zero attached hydrogens (tertiary/aromatic N) is 4. The maximum atomic E-state index is 5.85. The van der Waals surface area contributed by atoms with Crippen LogP contribution in [0.25, 0.3) is 5.69 Å². The number of benzene rings is 2. The summed E-state index contributed by atoms with van der Waals surface area (Å²) in [5.74, 6) is 0.579. The van der Waals surface area contributed by atoms with Crippen molar-refractivity contribution >= 4 is 0 Å². The van der Waals surface area contributed by atoms with Gasteiger partial charge in [0.15, 0.2) is 0 Å². The van der Waals surface area contributed by atoms with Gasteiger partial charge in [0.25, 0.3) is 0 Å². The van der Waals surface area contributed by atoms with Crippen LogP contribution in [0.5, 0.6) is 0 Å². The molecular weight excluding hydrogens is 348 g/mol. The van der Waals surface area contributed by atoms with Gasteiger partial charge < -0.3 is 4.57 Å². The molecular formula is C23H26N4O. The highest BCUT2D eigenvalue weighted by Gasteiger charge is 2.42. The second-order valence-electron chi connectivity index (χ2n) is 7.90. The molecule has 3 atom stereocenters. The van der Waals surface area contributed by atoms with Gasteiger partial charge in [0.1, 0.15) is 0 Å². The summed E-state index contributed by atoms with van der Waals surface area (Å²) in [5, 5.41) is 2.08. The van der Waals surface area contributed by atoms with Gasteiger partial charge in [-0.1, -0.05) is 42.5 Å². The zero-order valence-electron chi connectivity index (χ0n) is 16.2. The molecule has 5 heteroatoms. The van der Waals surface area contributed by atoms with E-state index in [2.05, 4.69) is 76.6 Å². The van der Waals surface area contributed by atoms with Gasteiger partial charge in [-0.3, -0.25) is 9.74 Å². The van der Waals surface area contributed by atoms with Gasteiger partial charge >= 0.3 is 0 Å². The lowest BCUT2D eigenvalue weighted by Crippen LogP contribution is -2.46. The first kappa shape index (κ1) is 17.6. The lowest BCUT2D eigenvalue weighted by atomic mass is 9.85. The van der Waals surface area contributed by atoms with E-state index in [1.54, 1.807) is 0 Å². The fraction of sp³-hybridized carbons (Fsp3) is 0.348. The first-order chi connectivity index (χ1) is 13.8. The fourth-order valence-corrected chi connectivity index (χ4v) is 4.66. The van der Waals surface area contributed by atoms with E-state index in [0.29, 0.717) is 18.0 Å². The van der Waals surface area contributed by atoms with Crippen LogP contribution in [0.15, 0.2) is 73.3 Å². The second kappa shape index (κ2) is 7.51. The van der Waals surface area contributed by atoms with Gasteiger partial charge in [0.2, 0.25) is 0 Å². The Kier molecular flexibility index (Phi) is 4.72. The van der Waals surface area contributed by atoms with Crippen molar-refractivity contribution in [2.45, 2.75) is 25.0 Å². The third-order valence-corrected chi connectivity index (χ3v) is 6.19. The Bertz CT molecular complexity index is 894. The molecule has 1 aromatic heterocycles. The number of imidazole rings is 1. The summed E-state index contributed by atoms with van der Waals surface area (Å²) in [5.41, 5.74) is 3.89. The number of hydrogen-bond donors (Lipinski definition) is 0. The number of piperidine rings is 1. The fourth-order valence-electron chi connectivity index (χ4n) is 4.66. The Labute approximate surface area is 166 Å². The summed E-state index contributed by atoms with van der Waals surface area (Å²) >= 11 is 0. The minimum absolute atomic E-state index is 0.391. The standard InChI is InChI=1S/C23H26N4O/c1-25-22-13-23(19-7-9-21(10-8-19)26-12-11-24-17-26)27(15-20(22)16-28-25)14-18-5-3-2-4-6-18/h2-12,17,20,22-23H,13-16H2,1H3/t20-,22-,23-/m0/s1. The maximum Gasteiger partial charge on any atom is 0.0991 e. The van der Waals surface area contributed by atoms with Crippen LogP contribution in [0.4, 0.5) is 0 Å². The molecule has 0 radical (unpaired) electrons. The zero-order chi connectivity index (χ0) is 18.9. The predicted molar refractivity (Wildman–Crippen MR) is 109 cm³/mol. The van der Waals surface area contributed by atoms with Crippen molar-refractivity contribution in [2.75, 3.05) is 20.2 Å². The summed E-state index contributed by atoms with van der Waals surface area (Å²) in [6, 6.07) is 20.6. The van der Waals surface area contributed by atoms with E-state index in [-0.39, 0.29) is 0 Å². The molecule has 0 unspecified atom stereocenters. The number of hydrogen-bond acceptors (Lipinski definition) is 4. The van der Waals surface area contributed by atoms with E-state index >= 15 is 0 Å². The first-order valence-electron chi connectivity index (χ1n) is 10.00. The molecule has 0 saturated carbocycles. The Morgan fingerprint density at radius 2 is 1.89 bits per heavy atom. The topological polar surface area (TPSA) is 33.5 Å². The predicted octanol–water partition coefficient (Wildman–Crippen LogP) is 3.68. The van der Waals surface area contributed by atoms with Gasteiger partial charge in [-0.2, -0.15) is 5.06 Å². The zero-order valence-corrected chi connectivity index (χ0v) is 16.2. The van der Waals surface area contributed by atoms with Gasteiger partial charge in [0, 0.05) is 56.2 Å². The van der Waals surface area contributed by atoms with Gasteiger partial charge in [-0.25, -0.2) is 4.98 Å². The third-order valence-electron chi connectivity index (χ3n) is 6.19. The molecule has 28 heavy (non-hydrogen) atoms. The highest BCUT2D eigenvalue weighted by atomic mass is 16.7. The quantitative estimate of drug-likeness (QED) is 0.698. The summed E-state index contributed by atoms with van der Waals surface area (Å²) < 4.78 is 2.04. The van der Waals surface area contributed by atoms with Crippen LogP contribution in [-0.2, 0) is 11.4 Å². The van der Waals surface area contributed by atoms with Gasteiger partial charge in [-0.15, -0.1) is 0 Å². The molecule has 3 aromatic rings. The van der Waals surface area contributed by atoms with Crippen molar-refractivity contribution in [1.29, 1.82) is 0 Å². The lowest BCUT2D eigenvalue weighted by Gasteiger charge is -2.42. The van der Waals surface area contributed by atoms with Gasteiger partial charge in [-0.05, 0) is 29.7 Å². The van der Waals surface area contributed by atoms with Gasteiger partial charge in [0.05, 0.1) is 12.9 Å². The molecule has 2 saturated heterocycles. The van der Waals surface area contributed by atoms with Crippen LogP contribution >= 0.6 is 0 Å². The average Bonchev–Trinajstić information content (AvgIpc) is 3.39. The van der Waals surface area contributed by atoms with E-state index < -0.39 is 0 Å². The molecule has 0 aliphatic carbocycles. The van der Waals surface area contributed by atoms with Crippen molar-refractivity contribution in [3.8, 4) is 5.69 Å². The third kappa shape index (κ3) is 3.37. The second-order valence-corrected chi connectivity index (χ2v) is 7.90. The molecule has 2 aliphatic rings. The molecule has 144 valence electrons. The van der Waals surface area contributed by atoms with Crippen LogP contribution in [0.1, 0.15) is 23.6 Å². The van der Waals surface area contributed by atoms with E-state index in [9.17, 15) is 0 Å². The highest BCUT2D eigenvalue weighted by molar-refractivity contribution is 5.36. The minimum Gasteiger partial charge on any atom is -0.306 e. The van der Waals surface area contributed by atoms with Crippen molar-refractivity contribution in [2.24, 2.45) is 5.92 Å². The molecule has 0 N–H and O–H groups in total. The van der Waals surface area contributed by atoms with Crippen LogP contribution in [0.2, 0.25) is 0 Å². The Hall–Kier alpha value is -2.47. The number of fused-ring (bicyclic) bond motifs is 1. The molecule has 2 aromatic carbocycles. The van der Waals surface area contributed by atoms with Crippen molar-refractivity contribution < 1.29 is 4.84 Å². The summed E-state index contributed by atoms with van der Waals surface area (Å²) in [6.07, 6.45) is 6.73. The molecule has 0 amide bonds. The molecule has 0 bridgehead atoms. The van der Waals surface area contributed by atoms with E-state index in [0.717, 1.165) is 31.8 Å². The summed E-state index contributed by atoms with van der Waals surface area (Å²) in [7, 11) is 2.08. The number of hydroxylamine groups is 2. The van der Waals surface area contributed by atoms with Crippen molar-refractivity contribution in [3.63, 3.8) is 0 Å². The Morgan fingerprint density at radius 1 is 1.07 bits per heavy atom. The monoisotopic (exact) mass is 374 g/mol. The molecule has 5 nitrogen and oxygen atoms in total. The summed E-state index contributed by atoms with van der Waals surface area (Å²) in [6.45, 7) is 2.87. The van der Waals surface area contributed by atoms with Crippen LogP contribution in [0.3, 0.4) is 0 Å². The maximum absolute atomic E-state index is 5.85. The number of likely N-dealkylation sites (tertiary alicyclic amines) is 1. The highest BCUT2D eigenvalue weighted by Crippen LogP contribution is 2.39. The van der Waals surface area contributed by atoms with Crippen LogP contribution in [-0.4, -0.2) is 45.8 Å². The number of aromatic nitrogens is 2. The van der Waals surface area contributed by atoms with E-state index in [4.69, 9.17) is 4.84 Å². The van der Waals surface area contributed by atoms with Crippen molar-refractivity contribution in [3.05, 3.63) is 84.4 Å². The largest absolute Gasteiger partial charge is 0.306 e. The molecule has 5 rings (SSSR count). The SMILES string of the molecule is CN1OC[C@@H]2CN(Cc3ccccc3)[C@H](c3ccc(-n4ccnc4)cc3)C[C@@H]21. The number of rotatable bonds is 4. The molecule has 3 heterocycles. The Morgan fingerprint density at radius 3 is 2.64 bits per heavy atom. The lowest BCUT2D eigenvalue weighted by molar-refractivity contribution is -0.114. The Balaban J connectivity index is 1.43.